The zero-order valence-electron chi connectivity index (χ0n) is 11.0. The quantitative estimate of drug-likeness (QED) is 0.547. The van der Waals surface area contributed by atoms with E-state index in [-0.39, 0.29) is 12.4 Å². The summed E-state index contributed by atoms with van der Waals surface area (Å²) < 4.78 is 12.7. The third kappa shape index (κ3) is 2.44. The van der Waals surface area contributed by atoms with Crippen LogP contribution in [0.4, 0.5) is 0 Å². The summed E-state index contributed by atoms with van der Waals surface area (Å²) in [6, 6.07) is 9.89. The Balaban J connectivity index is 1.93. The maximum absolute atomic E-state index is 11.6. The number of fused-ring (bicyclic) bond motifs is 1. The molecular formula is C15H14NO3S+. The second kappa shape index (κ2) is 5.46. The lowest BCUT2D eigenvalue weighted by atomic mass is 10.2. The van der Waals surface area contributed by atoms with Crippen molar-refractivity contribution in [3.8, 4) is 11.3 Å². The average Bonchev–Trinajstić information content (AvgIpc) is 3.02. The van der Waals surface area contributed by atoms with Crippen molar-refractivity contribution in [2.45, 2.75) is 13.3 Å². The summed E-state index contributed by atoms with van der Waals surface area (Å²) >= 11 is 1.50. The molecule has 0 fully saturated rings. The summed E-state index contributed by atoms with van der Waals surface area (Å²) in [4.78, 5) is 11.6. The molecule has 1 aromatic carbocycles. The van der Waals surface area contributed by atoms with Crippen molar-refractivity contribution < 1.29 is 18.3 Å². The van der Waals surface area contributed by atoms with Crippen LogP contribution in [0.25, 0.3) is 17.0 Å². The SMILES string of the molecule is CCOC(=O)Cc1scc2oc(-c3ccccc3)c[n+]12. The Morgan fingerprint density at radius 3 is 2.90 bits per heavy atom. The van der Waals surface area contributed by atoms with Crippen molar-refractivity contribution in [3.63, 3.8) is 0 Å². The first kappa shape index (κ1) is 12.9. The van der Waals surface area contributed by atoms with E-state index >= 15 is 0 Å². The average molecular weight is 288 g/mol. The van der Waals surface area contributed by atoms with Crippen LogP contribution in [-0.2, 0) is 16.0 Å². The van der Waals surface area contributed by atoms with Crippen molar-refractivity contribution >= 4 is 23.0 Å². The number of hydrogen-bond donors (Lipinski definition) is 0. The second-order valence-corrected chi connectivity index (χ2v) is 5.22. The van der Waals surface area contributed by atoms with Gasteiger partial charge in [0, 0.05) is 5.56 Å². The van der Waals surface area contributed by atoms with Gasteiger partial charge in [0.05, 0.1) is 6.61 Å². The molecule has 0 atom stereocenters. The van der Waals surface area contributed by atoms with Crippen LogP contribution in [0.5, 0.6) is 0 Å². The molecule has 5 heteroatoms. The molecule has 0 N–H and O–H groups in total. The highest BCUT2D eigenvalue weighted by Crippen LogP contribution is 2.22. The second-order valence-electron chi connectivity index (χ2n) is 4.28. The summed E-state index contributed by atoms with van der Waals surface area (Å²) in [5, 5.41) is 2.81. The topological polar surface area (TPSA) is 43.5 Å². The fourth-order valence-corrected chi connectivity index (χ4v) is 2.87. The van der Waals surface area contributed by atoms with Crippen molar-refractivity contribution in [1.82, 2.24) is 0 Å². The molecule has 0 saturated carbocycles. The summed E-state index contributed by atoms with van der Waals surface area (Å²) in [6.07, 6.45) is 2.18. The molecule has 0 unspecified atom stereocenters. The minimum Gasteiger partial charge on any atom is -0.466 e. The third-order valence-electron chi connectivity index (χ3n) is 2.92. The van der Waals surface area contributed by atoms with Gasteiger partial charge in [0.1, 0.15) is 11.8 Å². The van der Waals surface area contributed by atoms with E-state index in [1.165, 1.54) is 11.3 Å². The van der Waals surface area contributed by atoms with E-state index < -0.39 is 0 Å². The van der Waals surface area contributed by atoms with Crippen LogP contribution in [0.1, 0.15) is 11.9 Å². The molecular weight excluding hydrogens is 274 g/mol. The Kier molecular flexibility index (Phi) is 3.52. The Labute approximate surface area is 120 Å². The number of ether oxygens (including phenoxy) is 1. The lowest BCUT2D eigenvalue weighted by Crippen LogP contribution is -2.23. The van der Waals surface area contributed by atoms with Gasteiger partial charge in [0.15, 0.2) is 0 Å². The molecule has 0 spiro atoms. The van der Waals surface area contributed by atoms with Crippen LogP contribution in [0.3, 0.4) is 0 Å². The van der Waals surface area contributed by atoms with Crippen molar-refractivity contribution in [3.05, 3.63) is 46.9 Å². The molecule has 4 nitrogen and oxygen atoms in total. The van der Waals surface area contributed by atoms with Gasteiger partial charge in [-0.15, -0.1) is 4.40 Å². The number of thiazole rings is 1. The smallest absolute Gasteiger partial charge is 0.390 e. The monoisotopic (exact) mass is 288 g/mol. The maximum atomic E-state index is 11.6. The zero-order valence-corrected chi connectivity index (χ0v) is 11.9. The van der Waals surface area contributed by atoms with E-state index in [0.29, 0.717) is 6.61 Å². The predicted molar refractivity (Wildman–Crippen MR) is 75.5 cm³/mol. The minimum absolute atomic E-state index is 0.216. The summed E-state index contributed by atoms with van der Waals surface area (Å²) in [6.45, 7) is 2.21. The Morgan fingerprint density at radius 2 is 2.15 bits per heavy atom. The number of hydrogen-bond acceptors (Lipinski definition) is 4. The highest BCUT2D eigenvalue weighted by molar-refractivity contribution is 7.09. The molecule has 2 aromatic heterocycles. The van der Waals surface area contributed by atoms with Gasteiger partial charge < -0.3 is 9.15 Å². The van der Waals surface area contributed by atoms with E-state index in [0.717, 1.165) is 22.0 Å². The molecule has 0 radical (unpaired) electrons. The Hall–Kier alpha value is -2.14. The number of benzene rings is 1. The van der Waals surface area contributed by atoms with Crippen molar-refractivity contribution in [1.29, 1.82) is 0 Å². The fourth-order valence-electron chi connectivity index (χ4n) is 2.02. The van der Waals surface area contributed by atoms with E-state index in [9.17, 15) is 4.79 Å². The van der Waals surface area contributed by atoms with Crippen LogP contribution < -0.4 is 4.40 Å². The number of nitrogens with zero attached hydrogens (tertiary/aromatic N) is 1. The summed E-state index contributed by atoms with van der Waals surface area (Å²) in [5.41, 5.74) is 1.76. The normalized spacial score (nSPS) is 10.8. The van der Waals surface area contributed by atoms with Gasteiger partial charge >= 0.3 is 11.7 Å². The van der Waals surface area contributed by atoms with Gasteiger partial charge in [0.2, 0.25) is 12.0 Å². The van der Waals surface area contributed by atoms with Crippen LogP contribution in [-0.4, -0.2) is 12.6 Å². The first-order valence-corrected chi connectivity index (χ1v) is 7.28. The maximum Gasteiger partial charge on any atom is 0.390 e. The molecule has 0 bridgehead atoms. The minimum atomic E-state index is -0.216. The molecule has 0 amide bonds. The fraction of sp³-hybridized carbons (Fsp3) is 0.200. The molecule has 20 heavy (non-hydrogen) atoms. The zero-order chi connectivity index (χ0) is 13.9. The van der Waals surface area contributed by atoms with E-state index in [2.05, 4.69) is 0 Å². The number of rotatable bonds is 4. The molecule has 102 valence electrons. The Morgan fingerprint density at radius 1 is 1.35 bits per heavy atom. The van der Waals surface area contributed by atoms with Crippen LogP contribution in [0.2, 0.25) is 0 Å². The number of oxazole rings is 1. The standard InChI is InChI=1S/C15H14NO3S/c1-2-18-15(17)8-14-16-9-12(19-13(16)10-20-14)11-6-4-3-5-7-11/h3-7,9-10H,2,8H2,1H3/q+1. The Bertz CT molecular complexity index is 730. The van der Waals surface area contributed by atoms with Gasteiger partial charge in [-0.2, -0.15) is 0 Å². The van der Waals surface area contributed by atoms with Gasteiger partial charge in [-0.25, -0.2) is 0 Å². The molecule has 0 saturated heterocycles. The lowest BCUT2D eigenvalue weighted by Gasteiger charge is -1.95. The van der Waals surface area contributed by atoms with Crippen LogP contribution in [0, 0.1) is 0 Å². The van der Waals surface area contributed by atoms with Gasteiger partial charge in [0.25, 0.3) is 5.01 Å². The van der Waals surface area contributed by atoms with E-state index in [4.69, 9.17) is 9.15 Å². The molecule has 0 aliphatic carbocycles. The summed E-state index contributed by atoms with van der Waals surface area (Å²) in [5.74, 6) is 0.574. The van der Waals surface area contributed by atoms with Crippen molar-refractivity contribution in [2.75, 3.05) is 6.61 Å². The molecule has 3 rings (SSSR count). The van der Waals surface area contributed by atoms with Gasteiger partial charge in [-0.3, -0.25) is 4.79 Å². The molecule has 2 heterocycles. The lowest BCUT2D eigenvalue weighted by molar-refractivity contribution is -0.516. The third-order valence-corrected chi connectivity index (χ3v) is 3.85. The van der Waals surface area contributed by atoms with E-state index in [1.54, 1.807) is 6.92 Å². The van der Waals surface area contributed by atoms with Crippen molar-refractivity contribution in [2.24, 2.45) is 0 Å². The first-order chi connectivity index (χ1) is 9.78. The predicted octanol–water partition coefficient (Wildman–Crippen LogP) is 2.85. The number of esters is 1. The highest BCUT2D eigenvalue weighted by Gasteiger charge is 2.23. The number of carbonyl (C=O) groups is 1. The van der Waals surface area contributed by atoms with Gasteiger partial charge in [-0.05, 0) is 6.92 Å². The number of aromatic nitrogens is 1. The highest BCUT2D eigenvalue weighted by atomic mass is 32.1. The van der Waals surface area contributed by atoms with Gasteiger partial charge in [-0.1, -0.05) is 41.7 Å². The molecule has 0 aliphatic rings. The van der Waals surface area contributed by atoms with Crippen LogP contribution >= 0.6 is 11.3 Å². The van der Waals surface area contributed by atoms with E-state index in [1.807, 2.05) is 46.3 Å². The first-order valence-electron chi connectivity index (χ1n) is 6.40. The summed E-state index contributed by atoms with van der Waals surface area (Å²) in [7, 11) is 0. The van der Waals surface area contributed by atoms with Crippen LogP contribution in [0.15, 0.2) is 46.3 Å². The molecule has 0 aliphatic heterocycles. The molecule has 3 aromatic rings. The number of carbonyl (C=O) groups excluding carboxylic acids is 1. The largest absolute Gasteiger partial charge is 0.466 e.